The largest absolute Gasteiger partial charge is 0.476 e. The highest BCUT2D eigenvalue weighted by molar-refractivity contribution is 6.43. The molecule has 0 bridgehead atoms. The summed E-state index contributed by atoms with van der Waals surface area (Å²) in [6.07, 6.45) is 1.15. The molecule has 0 fully saturated rings. The number of aromatic carboxylic acids is 1. The first kappa shape index (κ1) is 14.3. The molecule has 7 nitrogen and oxygen atoms in total. The summed E-state index contributed by atoms with van der Waals surface area (Å²) >= 11 is 11.7. The lowest BCUT2D eigenvalue weighted by atomic mass is 10.3. The average Bonchev–Trinajstić information content (AvgIpc) is 2.83. The maximum Gasteiger partial charge on any atom is 0.358 e. The molecule has 1 aromatic heterocycles. The predicted molar refractivity (Wildman–Crippen MR) is 72.1 cm³/mol. The van der Waals surface area contributed by atoms with Gasteiger partial charge in [-0.05, 0) is 12.1 Å². The van der Waals surface area contributed by atoms with Gasteiger partial charge in [-0.15, -0.1) is 5.10 Å². The zero-order valence-corrected chi connectivity index (χ0v) is 11.4. The predicted octanol–water partition coefficient (Wildman–Crippen LogP) is 1.92. The standard InChI is InChI=1S/C11H8Cl2N4O3/c12-6-2-1-3-7(10(6)13)14-9(18)5-17-4-8(11(19)20)15-16-17/h1-4H,5H2,(H,14,18)(H,19,20). The van der Waals surface area contributed by atoms with E-state index in [0.29, 0.717) is 10.7 Å². The molecule has 2 aromatic rings. The molecular formula is C11H8Cl2N4O3. The molecule has 0 aliphatic rings. The first-order valence-electron chi connectivity index (χ1n) is 5.34. The number of hydrogen-bond donors (Lipinski definition) is 2. The van der Waals surface area contributed by atoms with Gasteiger partial charge in [0.1, 0.15) is 6.54 Å². The summed E-state index contributed by atoms with van der Waals surface area (Å²) in [6.45, 7) is -0.191. The molecule has 1 heterocycles. The van der Waals surface area contributed by atoms with Gasteiger partial charge in [-0.1, -0.05) is 34.5 Å². The van der Waals surface area contributed by atoms with Crippen molar-refractivity contribution >= 4 is 40.8 Å². The van der Waals surface area contributed by atoms with Crippen molar-refractivity contribution in [3.63, 3.8) is 0 Å². The fourth-order valence-corrected chi connectivity index (χ4v) is 1.76. The van der Waals surface area contributed by atoms with Gasteiger partial charge in [0, 0.05) is 0 Å². The van der Waals surface area contributed by atoms with Crippen molar-refractivity contribution in [2.75, 3.05) is 5.32 Å². The number of aromatic nitrogens is 3. The third-order valence-corrected chi connectivity index (χ3v) is 3.11. The maximum atomic E-state index is 11.8. The molecule has 9 heteroatoms. The second-order valence-electron chi connectivity index (χ2n) is 3.76. The van der Waals surface area contributed by atoms with Gasteiger partial charge < -0.3 is 10.4 Å². The molecule has 20 heavy (non-hydrogen) atoms. The van der Waals surface area contributed by atoms with Crippen molar-refractivity contribution in [3.05, 3.63) is 40.1 Å². The average molecular weight is 315 g/mol. The summed E-state index contributed by atoms with van der Waals surface area (Å²) in [7, 11) is 0. The summed E-state index contributed by atoms with van der Waals surface area (Å²) in [6, 6.07) is 4.83. The monoisotopic (exact) mass is 314 g/mol. The van der Waals surface area contributed by atoms with E-state index in [9.17, 15) is 9.59 Å². The van der Waals surface area contributed by atoms with E-state index >= 15 is 0 Å². The van der Waals surface area contributed by atoms with Crippen LogP contribution in [0.2, 0.25) is 10.0 Å². The minimum absolute atomic E-state index is 0.191. The number of carbonyl (C=O) groups is 2. The topological polar surface area (TPSA) is 97.1 Å². The van der Waals surface area contributed by atoms with E-state index in [1.807, 2.05) is 0 Å². The number of carboxylic acids is 1. The van der Waals surface area contributed by atoms with Gasteiger partial charge in [-0.3, -0.25) is 4.79 Å². The van der Waals surface area contributed by atoms with Crippen molar-refractivity contribution in [2.45, 2.75) is 6.54 Å². The normalized spacial score (nSPS) is 10.3. The van der Waals surface area contributed by atoms with E-state index in [2.05, 4.69) is 15.6 Å². The molecule has 0 aliphatic carbocycles. The van der Waals surface area contributed by atoms with Gasteiger partial charge in [0.25, 0.3) is 0 Å². The molecule has 1 aromatic carbocycles. The fourth-order valence-electron chi connectivity index (χ4n) is 1.41. The van der Waals surface area contributed by atoms with Crippen LogP contribution >= 0.6 is 23.2 Å². The Hall–Kier alpha value is -2.12. The van der Waals surface area contributed by atoms with E-state index in [4.69, 9.17) is 28.3 Å². The van der Waals surface area contributed by atoms with Crippen molar-refractivity contribution in [1.82, 2.24) is 15.0 Å². The molecule has 0 unspecified atom stereocenters. The summed E-state index contributed by atoms with van der Waals surface area (Å²) in [5.74, 6) is -1.65. The summed E-state index contributed by atoms with van der Waals surface area (Å²) in [5, 5.41) is 18.7. The van der Waals surface area contributed by atoms with Crippen LogP contribution in [0.25, 0.3) is 0 Å². The molecule has 2 rings (SSSR count). The van der Waals surface area contributed by atoms with Crippen LogP contribution in [0.5, 0.6) is 0 Å². The number of rotatable bonds is 4. The van der Waals surface area contributed by atoms with Gasteiger partial charge in [-0.2, -0.15) is 0 Å². The summed E-state index contributed by atoms with van der Waals surface area (Å²) in [4.78, 5) is 22.4. The lowest BCUT2D eigenvalue weighted by Crippen LogP contribution is -2.19. The quantitative estimate of drug-likeness (QED) is 0.898. The van der Waals surface area contributed by atoms with Crippen LogP contribution in [0, 0.1) is 0 Å². The van der Waals surface area contributed by atoms with Gasteiger partial charge in [0.2, 0.25) is 5.91 Å². The first-order valence-corrected chi connectivity index (χ1v) is 6.10. The van der Waals surface area contributed by atoms with E-state index < -0.39 is 11.9 Å². The lowest BCUT2D eigenvalue weighted by Gasteiger charge is -2.07. The zero-order chi connectivity index (χ0) is 14.7. The van der Waals surface area contributed by atoms with Crippen molar-refractivity contribution in [3.8, 4) is 0 Å². The van der Waals surface area contributed by atoms with Crippen molar-refractivity contribution in [1.29, 1.82) is 0 Å². The van der Waals surface area contributed by atoms with Crippen molar-refractivity contribution in [2.24, 2.45) is 0 Å². The second kappa shape index (κ2) is 5.89. The van der Waals surface area contributed by atoms with Gasteiger partial charge in [0.15, 0.2) is 5.69 Å². The minimum Gasteiger partial charge on any atom is -0.476 e. The molecule has 1 amide bonds. The Labute approximate surface area is 123 Å². The van der Waals surface area contributed by atoms with Crippen LogP contribution in [-0.2, 0) is 11.3 Å². The van der Waals surface area contributed by atoms with Crippen LogP contribution in [0.1, 0.15) is 10.5 Å². The molecule has 0 spiro atoms. The van der Waals surface area contributed by atoms with Crippen LogP contribution in [0.4, 0.5) is 5.69 Å². The van der Waals surface area contributed by atoms with Gasteiger partial charge in [0.05, 0.1) is 21.9 Å². The smallest absolute Gasteiger partial charge is 0.358 e. The summed E-state index contributed by atoms with van der Waals surface area (Å²) < 4.78 is 1.11. The number of anilines is 1. The Morgan fingerprint density at radius 3 is 2.75 bits per heavy atom. The molecule has 0 atom stereocenters. The van der Waals surface area contributed by atoms with Crippen molar-refractivity contribution < 1.29 is 14.7 Å². The molecule has 0 saturated heterocycles. The Morgan fingerprint density at radius 1 is 1.35 bits per heavy atom. The highest BCUT2D eigenvalue weighted by Gasteiger charge is 2.12. The van der Waals surface area contributed by atoms with E-state index in [1.54, 1.807) is 18.2 Å². The minimum atomic E-state index is -1.21. The number of carbonyl (C=O) groups excluding carboxylic acids is 1. The maximum absolute atomic E-state index is 11.8. The second-order valence-corrected chi connectivity index (χ2v) is 4.54. The number of halogens is 2. The van der Waals surface area contributed by atoms with E-state index in [0.717, 1.165) is 10.9 Å². The van der Waals surface area contributed by atoms with E-state index in [1.165, 1.54) is 0 Å². The highest BCUT2D eigenvalue weighted by Crippen LogP contribution is 2.29. The molecule has 104 valence electrons. The number of nitrogens with one attached hydrogen (secondary N) is 1. The molecular weight excluding hydrogens is 307 g/mol. The van der Waals surface area contributed by atoms with Crippen LogP contribution < -0.4 is 5.32 Å². The SMILES string of the molecule is O=C(Cn1cc(C(=O)O)nn1)Nc1cccc(Cl)c1Cl. The highest BCUT2D eigenvalue weighted by atomic mass is 35.5. The van der Waals surface area contributed by atoms with Gasteiger partial charge >= 0.3 is 5.97 Å². The van der Waals surface area contributed by atoms with Gasteiger partial charge in [-0.25, -0.2) is 9.48 Å². The zero-order valence-electron chi connectivity index (χ0n) is 9.88. The molecule has 0 radical (unpaired) electrons. The Balaban J connectivity index is 2.05. The lowest BCUT2D eigenvalue weighted by molar-refractivity contribution is -0.116. The number of nitrogens with zero attached hydrogens (tertiary/aromatic N) is 3. The Bertz CT molecular complexity index is 671. The third-order valence-electron chi connectivity index (χ3n) is 2.29. The first-order chi connectivity index (χ1) is 9.47. The Kier molecular flexibility index (Phi) is 4.21. The fraction of sp³-hybridized carbons (Fsp3) is 0.0909. The number of hydrogen-bond acceptors (Lipinski definition) is 4. The Morgan fingerprint density at radius 2 is 2.10 bits per heavy atom. The molecule has 2 N–H and O–H groups in total. The summed E-state index contributed by atoms with van der Waals surface area (Å²) in [5.41, 5.74) is 0.126. The molecule has 0 aliphatic heterocycles. The van der Waals surface area contributed by atoms with E-state index in [-0.39, 0.29) is 17.3 Å². The number of carboxylic acid groups (broad SMARTS) is 1. The number of amides is 1. The van der Waals surface area contributed by atoms with Crippen LogP contribution in [0.3, 0.4) is 0 Å². The van der Waals surface area contributed by atoms with Crippen LogP contribution in [-0.4, -0.2) is 32.0 Å². The third kappa shape index (κ3) is 3.25. The van der Waals surface area contributed by atoms with Crippen LogP contribution in [0.15, 0.2) is 24.4 Å². The molecule has 0 saturated carbocycles. The number of benzene rings is 1.